The maximum atomic E-state index is 13.7. The van der Waals surface area contributed by atoms with Gasteiger partial charge in [0.05, 0.1) is 18.4 Å². The molecule has 6 heteroatoms. The lowest BCUT2D eigenvalue weighted by Crippen LogP contribution is -2.42. The molecular weight excluding hydrogens is 295 g/mol. The van der Waals surface area contributed by atoms with E-state index in [2.05, 4.69) is 14.9 Å². The number of aromatic nitrogens is 2. The highest BCUT2D eigenvalue weighted by Gasteiger charge is 2.21. The van der Waals surface area contributed by atoms with Crippen LogP contribution in [0, 0.1) is 5.82 Å². The van der Waals surface area contributed by atoms with Crippen LogP contribution in [0.1, 0.15) is 17.7 Å². The van der Waals surface area contributed by atoms with Gasteiger partial charge in [0.2, 0.25) is 0 Å². The van der Waals surface area contributed by atoms with E-state index in [0.717, 1.165) is 31.5 Å². The van der Waals surface area contributed by atoms with Crippen molar-refractivity contribution in [1.29, 1.82) is 0 Å². The largest absolute Gasteiger partial charge is 0.384 e. The molecule has 1 aliphatic heterocycles. The van der Waals surface area contributed by atoms with Gasteiger partial charge in [-0.1, -0.05) is 0 Å². The number of anilines is 1. The average molecular weight is 316 g/mol. The Labute approximate surface area is 135 Å². The van der Waals surface area contributed by atoms with Gasteiger partial charge in [-0.2, -0.15) is 0 Å². The molecule has 122 valence electrons. The first-order valence-electron chi connectivity index (χ1n) is 7.84. The second-order valence-electron chi connectivity index (χ2n) is 5.79. The number of halogens is 1. The van der Waals surface area contributed by atoms with Crippen LogP contribution in [0.4, 0.5) is 10.2 Å². The number of aryl methyl sites for hydroxylation is 1. The fourth-order valence-electron chi connectivity index (χ4n) is 2.82. The minimum absolute atomic E-state index is 0.143. The van der Waals surface area contributed by atoms with Crippen molar-refractivity contribution in [2.75, 3.05) is 25.4 Å². The Morgan fingerprint density at radius 2 is 2.22 bits per heavy atom. The number of nitrogens with zero attached hydrogens (tertiary/aromatic N) is 3. The van der Waals surface area contributed by atoms with Crippen molar-refractivity contribution in [1.82, 2.24) is 14.9 Å². The van der Waals surface area contributed by atoms with E-state index >= 15 is 0 Å². The Balaban J connectivity index is 1.53. The summed E-state index contributed by atoms with van der Waals surface area (Å²) in [6.07, 6.45) is 5.30. The molecule has 0 aromatic carbocycles. The van der Waals surface area contributed by atoms with Gasteiger partial charge in [0.1, 0.15) is 11.6 Å². The van der Waals surface area contributed by atoms with Crippen LogP contribution in [0.5, 0.6) is 0 Å². The van der Waals surface area contributed by atoms with Crippen molar-refractivity contribution in [2.45, 2.75) is 25.5 Å². The van der Waals surface area contributed by atoms with Gasteiger partial charge >= 0.3 is 0 Å². The van der Waals surface area contributed by atoms with Crippen molar-refractivity contribution >= 4 is 5.82 Å². The first-order chi connectivity index (χ1) is 11.2. The molecule has 1 atom stereocenters. The highest BCUT2D eigenvalue weighted by Crippen LogP contribution is 2.16. The van der Waals surface area contributed by atoms with E-state index in [9.17, 15) is 4.39 Å². The Morgan fingerprint density at radius 1 is 1.30 bits per heavy atom. The molecule has 2 aromatic rings. The second kappa shape index (κ2) is 7.48. The monoisotopic (exact) mass is 316 g/mol. The third-order valence-corrected chi connectivity index (χ3v) is 4.03. The number of pyridine rings is 2. The molecule has 0 aliphatic carbocycles. The molecule has 2 N–H and O–H groups in total. The van der Waals surface area contributed by atoms with Crippen molar-refractivity contribution in [3.8, 4) is 0 Å². The Bertz CT molecular complexity index is 652. The van der Waals surface area contributed by atoms with Crippen molar-refractivity contribution < 1.29 is 9.13 Å². The van der Waals surface area contributed by atoms with E-state index < -0.39 is 0 Å². The van der Waals surface area contributed by atoms with Crippen molar-refractivity contribution in [2.24, 2.45) is 0 Å². The van der Waals surface area contributed by atoms with Gasteiger partial charge in [0.25, 0.3) is 0 Å². The molecule has 3 rings (SSSR count). The third kappa shape index (κ3) is 4.46. The van der Waals surface area contributed by atoms with E-state index in [1.54, 1.807) is 18.5 Å². The lowest BCUT2D eigenvalue weighted by molar-refractivity contribution is -0.0352. The quantitative estimate of drug-likeness (QED) is 0.914. The van der Waals surface area contributed by atoms with Crippen LogP contribution >= 0.6 is 0 Å². The molecule has 0 amide bonds. The van der Waals surface area contributed by atoms with Gasteiger partial charge in [-0.05, 0) is 42.7 Å². The minimum atomic E-state index is -0.247. The topological polar surface area (TPSA) is 64.3 Å². The molecular formula is C17H21FN4O. The van der Waals surface area contributed by atoms with Crippen LogP contribution in [0.15, 0.2) is 36.7 Å². The van der Waals surface area contributed by atoms with Crippen LogP contribution < -0.4 is 5.73 Å². The number of ether oxygens (including phenoxy) is 1. The summed E-state index contributed by atoms with van der Waals surface area (Å²) in [5.41, 5.74) is 7.35. The number of hydrogen-bond donors (Lipinski definition) is 1. The molecule has 5 nitrogen and oxygen atoms in total. The standard InChI is InChI=1S/C17H21FN4O/c18-15-2-1-6-20-16(15)12-22-8-9-23-14(11-22)4-3-13-5-7-21-17(19)10-13/h1-2,5-7,10,14H,3-4,8-9,11-12H2,(H2,19,21)/t14-/m1/s1. The highest BCUT2D eigenvalue weighted by atomic mass is 19.1. The fraction of sp³-hybridized carbons (Fsp3) is 0.412. The molecule has 0 unspecified atom stereocenters. The predicted octanol–water partition coefficient (Wildman–Crippen LogP) is 2.03. The molecule has 3 heterocycles. The van der Waals surface area contributed by atoms with Gasteiger partial charge in [-0.25, -0.2) is 9.37 Å². The van der Waals surface area contributed by atoms with Gasteiger partial charge in [-0.15, -0.1) is 0 Å². The molecule has 23 heavy (non-hydrogen) atoms. The van der Waals surface area contributed by atoms with E-state index in [4.69, 9.17) is 10.5 Å². The summed E-state index contributed by atoms with van der Waals surface area (Å²) in [4.78, 5) is 10.3. The fourth-order valence-corrected chi connectivity index (χ4v) is 2.82. The minimum Gasteiger partial charge on any atom is -0.384 e. The number of hydrogen-bond acceptors (Lipinski definition) is 5. The van der Waals surface area contributed by atoms with Crippen LogP contribution in [0.25, 0.3) is 0 Å². The van der Waals surface area contributed by atoms with Gasteiger partial charge in [0.15, 0.2) is 0 Å². The third-order valence-electron chi connectivity index (χ3n) is 4.03. The molecule has 0 bridgehead atoms. The number of rotatable bonds is 5. The molecule has 1 saturated heterocycles. The Morgan fingerprint density at radius 3 is 3.04 bits per heavy atom. The van der Waals surface area contributed by atoms with Crippen LogP contribution in [0.2, 0.25) is 0 Å². The smallest absolute Gasteiger partial charge is 0.146 e. The summed E-state index contributed by atoms with van der Waals surface area (Å²) in [5, 5.41) is 0. The molecule has 1 fully saturated rings. The zero-order valence-electron chi connectivity index (χ0n) is 13.0. The highest BCUT2D eigenvalue weighted by molar-refractivity contribution is 5.31. The number of morpholine rings is 1. The zero-order valence-corrected chi connectivity index (χ0v) is 13.0. The molecule has 1 aliphatic rings. The first-order valence-corrected chi connectivity index (χ1v) is 7.84. The van der Waals surface area contributed by atoms with E-state index in [-0.39, 0.29) is 11.9 Å². The maximum Gasteiger partial charge on any atom is 0.146 e. The van der Waals surface area contributed by atoms with E-state index in [1.807, 2.05) is 12.1 Å². The zero-order chi connectivity index (χ0) is 16.1. The maximum absolute atomic E-state index is 13.7. The lowest BCUT2D eigenvalue weighted by atomic mass is 10.1. The predicted molar refractivity (Wildman–Crippen MR) is 86.2 cm³/mol. The van der Waals surface area contributed by atoms with Crippen LogP contribution in [0.3, 0.4) is 0 Å². The summed E-state index contributed by atoms with van der Waals surface area (Å²) in [5.74, 6) is 0.294. The Kier molecular flexibility index (Phi) is 5.15. The van der Waals surface area contributed by atoms with Crippen LogP contribution in [-0.4, -0.2) is 40.7 Å². The van der Waals surface area contributed by atoms with Gasteiger partial charge < -0.3 is 10.5 Å². The number of nitrogen functional groups attached to an aromatic ring is 1. The second-order valence-corrected chi connectivity index (χ2v) is 5.79. The Hall–Kier alpha value is -2.05. The van der Waals surface area contributed by atoms with Gasteiger partial charge in [-0.3, -0.25) is 9.88 Å². The van der Waals surface area contributed by atoms with E-state index in [1.165, 1.54) is 6.07 Å². The van der Waals surface area contributed by atoms with Crippen molar-refractivity contribution in [3.05, 3.63) is 53.7 Å². The summed E-state index contributed by atoms with van der Waals surface area (Å²) in [7, 11) is 0. The van der Waals surface area contributed by atoms with Crippen LogP contribution in [-0.2, 0) is 17.7 Å². The molecule has 2 aromatic heterocycles. The average Bonchev–Trinajstić information content (AvgIpc) is 2.56. The molecule has 0 spiro atoms. The van der Waals surface area contributed by atoms with Gasteiger partial charge in [0, 0.05) is 32.0 Å². The van der Waals surface area contributed by atoms with E-state index in [0.29, 0.717) is 24.7 Å². The first kappa shape index (κ1) is 15.8. The summed E-state index contributed by atoms with van der Waals surface area (Å²) in [6.45, 7) is 2.78. The number of nitrogens with two attached hydrogens (primary N) is 1. The normalized spacial score (nSPS) is 18.9. The summed E-state index contributed by atoms with van der Waals surface area (Å²) >= 11 is 0. The summed E-state index contributed by atoms with van der Waals surface area (Å²) in [6, 6.07) is 6.93. The summed E-state index contributed by atoms with van der Waals surface area (Å²) < 4.78 is 19.5. The molecule has 0 radical (unpaired) electrons. The van der Waals surface area contributed by atoms with Crippen molar-refractivity contribution in [3.63, 3.8) is 0 Å². The molecule has 0 saturated carbocycles. The SMILES string of the molecule is Nc1cc(CC[C@@H]2CN(Cc3ncccc3F)CCO2)ccn1. The lowest BCUT2D eigenvalue weighted by Gasteiger charge is -2.32.